The first-order valence-electron chi connectivity index (χ1n) is 3.73. The van der Waals surface area contributed by atoms with Gasteiger partial charge in [-0.2, -0.15) is 0 Å². The molecule has 1 N–H and O–H groups in total. The van der Waals surface area contributed by atoms with Gasteiger partial charge in [-0.3, -0.25) is 0 Å². The number of aliphatic carboxylic acids is 1. The van der Waals surface area contributed by atoms with E-state index in [1.165, 1.54) is 7.11 Å². The molecule has 0 saturated heterocycles. The minimum absolute atomic E-state index is 0.553. The highest BCUT2D eigenvalue weighted by molar-refractivity contribution is 5.74. The molecule has 0 aromatic heterocycles. The quantitative estimate of drug-likeness (QED) is 0.564. The molecule has 70 valence electrons. The number of hydrogen-bond acceptors (Lipinski definition) is 3. The SMILES string of the molecule is COOC(C(=O)O)c1ccccc1. The van der Waals surface area contributed by atoms with Gasteiger partial charge < -0.3 is 5.11 Å². The van der Waals surface area contributed by atoms with Crippen LogP contribution in [0.25, 0.3) is 0 Å². The highest BCUT2D eigenvalue weighted by atomic mass is 17.2. The Morgan fingerprint density at radius 2 is 2.00 bits per heavy atom. The van der Waals surface area contributed by atoms with Crippen molar-refractivity contribution in [2.75, 3.05) is 7.11 Å². The molecule has 1 aromatic rings. The van der Waals surface area contributed by atoms with Gasteiger partial charge in [0.05, 0.1) is 7.11 Å². The van der Waals surface area contributed by atoms with Crippen LogP contribution >= 0.6 is 0 Å². The Kier molecular flexibility index (Phi) is 3.42. The fourth-order valence-electron chi connectivity index (χ4n) is 0.963. The summed E-state index contributed by atoms with van der Waals surface area (Å²) in [6, 6.07) is 8.61. The van der Waals surface area contributed by atoms with Crippen molar-refractivity contribution in [3.63, 3.8) is 0 Å². The summed E-state index contributed by atoms with van der Waals surface area (Å²) in [5.74, 6) is -1.08. The molecule has 1 rings (SSSR count). The number of rotatable bonds is 4. The highest BCUT2D eigenvalue weighted by Crippen LogP contribution is 2.16. The zero-order valence-electron chi connectivity index (χ0n) is 7.14. The molecule has 0 fully saturated rings. The Morgan fingerprint density at radius 1 is 1.38 bits per heavy atom. The van der Waals surface area contributed by atoms with Gasteiger partial charge in [0, 0.05) is 0 Å². The summed E-state index contributed by atoms with van der Waals surface area (Å²) in [6.45, 7) is 0. The van der Waals surface area contributed by atoms with Gasteiger partial charge in [0.1, 0.15) is 0 Å². The third-order valence-corrected chi connectivity index (χ3v) is 1.52. The van der Waals surface area contributed by atoms with Crippen molar-refractivity contribution in [2.24, 2.45) is 0 Å². The van der Waals surface area contributed by atoms with E-state index in [0.717, 1.165) is 0 Å². The Labute approximate surface area is 75.6 Å². The molecule has 4 heteroatoms. The van der Waals surface area contributed by atoms with Crippen LogP contribution in [0.4, 0.5) is 0 Å². The monoisotopic (exact) mass is 182 g/mol. The molecular weight excluding hydrogens is 172 g/mol. The van der Waals surface area contributed by atoms with Crippen LogP contribution in [-0.4, -0.2) is 18.2 Å². The standard InChI is InChI=1S/C9H10O4/c1-12-13-8(9(10)11)7-5-3-2-4-6-7/h2-6,8H,1H3,(H,10,11). The van der Waals surface area contributed by atoms with Crippen molar-refractivity contribution >= 4 is 5.97 Å². The first-order chi connectivity index (χ1) is 6.25. The molecular formula is C9H10O4. The molecule has 1 unspecified atom stereocenters. The second-order valence-corrected chi connectivity index (χ2v) is 2.39. The lowest BCUT2D eigenvalue weighted by Gasteiger charge is -2.10. The Hall–Kier alpha value is -1.39. The van der Waals surface area contributed by atoms with Crippen LogP contribution in [0.15, 0.2) is 30.3 Å². The second-order valence-electron chi connectivity index (χ2n) is 2.39. The van der Waals surface area contributed by atoms with E-state index in [2.05, 4.69) is 9.78 Å². The predicted octanol–water partition coefficient (Wildman–Crippen LogP) is 1.39. The third-order valence-electron chi connectivity index (χ3n) is 1.52. The van der Waals surface area contributed by atoms with Crippen LogP contribution in [0, 0.1) is 0 Å². The average Bonchev–Trinajstić information content (AvgIpc) is 2.15. The lowest BCUT2D eigenvalue weighted by molar-refractivity contribution is -0.303. The fraction of sp³-hybridized carbons (Fsp3) is 0.222. The minimum Gasteiger partial charge on any atom is -0.479 e. The van der Waals surface area contributed by atoms with Crippen molar-refractivity contribution in [3.05, 3.63) is 35.9 Å². The normalized spacial score (nSPS) is 12.4. The average molecular weight is 182 g/mol. The summed E-state index contributed by atoms with van der Waals surface area (Å²) in [4.78, 5) is 19.6. The van der Waals surface area contributed by atoms with Crippen molar-refractivity contribution in [2.45, 2.75) is 6.10 Å². The number of benzene rings is 1. The van der Waals surface area contributed by atoms with Gasteiger partial charge in [0.25, 0.3) is 0 Å². The molecule has 13 heavy (non-hydrogen) atoms. The number of hydrogen-bond donors (Lipinski definition) is 1. The van der Waals surface area contributed by atoms with Gasteiger partial charge in [-0.1, -0.05) is 30.3 Å². The summed E-state index contributed by atoms with van der Waals surface area (Å²) in [6.07, 6.45) is -1.06. The molecule has 1 aromatic carbocycles. The molecule has 0 aliphatic carbocycles. The Bertz CT molecular complexity index is 270. The van der Waals surface area contributed by atoms with Crippen LogP contribution in [0.1, 0.15) is 11.7 Å². The largest absolute Gasteiger partial charge is 0.479 e. The molecule has 0 spiro atoms. The number of carboxylic acids is 1. The van der Waals surface area contributed by atoms with E-state index in [4.69, 9.17) is 5.11 Å². The lowest BCUT2D eigenvalue weighted by Crippen LogP contribution is -2.14. The van der Waals surface area contributed by atoms with E-state index in [1.54, 1.807) is 30.3 Å². The number of carbonyl (C=O) groups is 1. The van der Waals surface area contributed by atoms with Gasteiger partial charge in [0.15, 0.2) is 0 Å². The predicted molar refractivity (Wildman–Crippen MR) is 44.9 cm³/mol. The summed E-state index contributed by atoms with van der Waals surface area (Å²) in [5.41, 5.74) is 0.553. The summed E-state index contributed by atoms with van der Waals surface area (Å²) in [7, 11) is 1.28. The summed E-state index contributed by atoms with van der Waals surface area (Å²) < 4.78 is 0. The van der Waals surface area contributed by atoms with E-state index >= 15 is 0 Å². The second kappa shape index (κ2) is 4.59. The fourth-order valence-corrected chi connectivity index (χ4v) is 0.963. The van der Waals surface area contributed by atoms with Gasteiger partial charge in [-0.15, -0.1) is 0 Å². The van der Waals surface area contributed by atoms with E-state index in [1.807, 2.05) is 0 Å². The van der Waals surface area contributed by atoms with Gasteiger partial charge in [-0.05, 0) is 5.56 Å². The van der Waals surface area contributed by atoms with Gasteiger partial charge in [0.2, 0.25) is 6.10 Å². The summed E-state index contributed by atoms with van der Waals surface area (Å²) in [5, 5.41) is 8.75. The van der Waals surface area contributed by atoms with Crippen molar-refractivity contribution in [3.8, 4) is 0 Å². The molecule has 0 bridgehead atoms. The Morgan fingerprint density at radius 3 is 2.46 bits per heavy atom. The third kappa shape index (κ3) is 2.54. The topological polar surface area (TPSA) is 55.8 Å². The zero-order chi connectivity index (χ0) is 9.68. The zero-order valence-corrected chi connectivity index (χ0v) is 7.14. The maximum Gasteiger partial charge on any atom is 0.340 e. The molecule has 1 atom stereocenters. The molecule has 0 heterocycles. The maximum atomic E-state index is 10.7. The van der Waals surface area contributed by atoms with Crippen LogP contribution in [0.5, 0.6) is 0 Å². The molecule has 4 nitrogen and oxygen atoms in total. The van der Waals surface area contributed by atoms with Crippen molar-refractivity contribution < 1.29 is 19.7 Å². The Balaban J connectivity index is 2.82. The smallest absolute Gasteiger partial charge is 0.340 e. The van der Waals surface area contributed by atoms with Gasteiger partial charge >= 0.3 is 5.97 Å². The lowest BCUT2D eigenvalue weighted by atomic mass is 10.1. The first kappa shape index (κ1) is 9.70. The van der Waals surface area contributed by atoms with Crippen LogP contribution in [0.2, 0.25) is 0 Å². The molecule has 0 radical (unpaired) electrons. The molecule has 0 aliphatic heterocycles. The molecule has 0 aliphatic rings. The van der Waals surface area contributed by atoms with Gasteiger partial charge in [-0.25, -0.2) is 14.6 Å². The van der Waals surface area contributed by atoms with Crippen molar-refractivity contribution in [1.29, 1.82) is 0 Å². The van der Waals surface area contributed by atoms with E-state index in [-0.39, 0.29) is 0 Å². The highest BCUT2D eigenvalue weighted by Gasteiger charge is 2.20. The minimum atomic E-state index is -1.08. The molecule has 0 amide bonds. The maximum absolute atomic E-state index is 10.7. The van der Waals surface area contributed by atoms with E-state index < -0.39 is 12.1 Å². The van der Waals surface area contributed by atoms with Crippen LogP contribution in [-0.2, 0) is 14.6 Å². The van der Waals surface area contributed by atoms with Crippen LogP contribution in [0.3, 0.4) is 0 Å². The summed E-state index contributed by atoms with van der Waals surface area (Å²) >= 11 is 0. The number of carboxylic acid groups (broad SMARTS) is 1. The van der Waals surface area contributed by atoms with Crippen LogP contribution < -0.4 is 0 Å². The van der Waals surface area contributed by atoms with Crippen molar-refractivity contribution in [1.82, 2.24) is 0 Å². The first-order valence-corrected chi connectivity index (χ1v) is 3.73. The van der Waals surface area contributed by atoms with E-state index in [9.17, 15) is 4.79 Å². The van der Waals surface area contributed by atoms with E-state index in [0.29, 0.717) is 5.56 Å². The molecule has 0 saturated carbocycles.